The molecule has 0 aliphatic carbocycles. The second-order valence-corrected chi connectivity index (χ2v) is 5.97. The summed E-state index contributed by atoms with van der Waals surface area (Å²) < 4.78 is 8.05. The monoisotopic (exact) mass is 300 g/mol. The first-order chi connectivity index (χ1) is 10.7. The molecule has 0 bridgehead atoms. The molecular weight excluding hydrogens is 272 g/mol. The first kappa shape index (κ1) is 16.8. The van der Waals surface area contributed by atoms with Crippen LogP contribution in [-0.2, 0) is 11.3 Å². The van der Waals surface area contributed by atoms with Crippen LogP contribution in [-0.4, -0.2) is 15.9 Å². The Bertz CT molecular complexity index is 540. The zero-order valence-corrected chi connectivity index (χ0v) is 14.2. The quantitative estimate of drug-likeness (QED) is 0.811. The lowest BCUT2D eigenvalue weighted by molar-refractivity contribution is -0.0604. The lowest BCUT2D eigenvalue weighted by Gasteiger charge is -2.31. The Morgan fingerprint density at radius 3 is 2.55 bits per heavy atom. The molecule has 3 heteroatoms. The van der Waals surface area contributed by atoms with Crippen molar-refractivity contribution in [3.63, 3.8) is 0 Å². The average molecular weight is 300 g/mol. The summed E-state index contributed by atoms with van der Waals surface area (Å²) in [6, 6.07) is 10.4. The van der Waals surface area contributed by atoms with Crippen molar-refractivity contribution in [2.75, 3.05) is 0 Å². The first-order valence-corrected chi connectivity index (χ1v) is 8.42. The van der Waals surface area contributed by atoms with Gasteiger partial charge in [-0.2, -0.15) is 5.10 Å². The van der Waals surface area contributed by atoms with E-state index in [1.807, 2.05) is 30.8 Å². The van der Waals surface area contributed by atoms with E-state index in [2.05, 4.69) is 49.4 Å². The second kappa shape index (κ2) is 8.14. The molecule has 0 radical (unpaired) electrons. The van der Waals surface area contributed by atoms with Gasteiger partial charge in [0, 0.05) is 11.8 Å². The minimum absolute atomic E-state index is 0.207. The van der Waals surface area contributed by atoms with Crippen LogP contribution in [0.15, 0.2) is 42.7 Å². The minimum Gasteiger partial charge on any atom is -0.370 e. The summed E-state index contributed by atoms with van der Waals surface area (Å²) in [5.41, 5.74) is 2.48. The molecule has 3 nitrogen and oxygen atoms in total. The van der Waals surface area contributed by atoms with E-state index in [9.17, 15) is 0 Å². The van der Waals surface area contributed by atoms with Crippen LogP contribution >= 0.6 is 0 Å². The maximum Gasteiger partial charge on any atom is 0.0861 e. The molecular formula is C19H28N2O. The molecule has 3 unspecified atom stereocenters. The van der Waals surface area contributed by atoms with Gasteiger partial charge in [-0.25, -0.2) is 0 Å². The molecule has 0 spiro atoms. The van der Waals surface area contributed by atoms with Gasteiger partial charge < -0.3 is 4.74 Å². The number of rotatable bonds is 3. The molecule has 1 aliphatic heterocycles. The summed E-state index contributed by atoms with van der Waals surface area (Å²) >= 11 is 0. The van der Waals surface area contributed by atoms with Crippen LogP contribution in [0.4, 0.5) is 0 Å². The van der Waals surface area contributed by atoms with Gasteiger partial charge in [-0.3, -0.25) is 4.68 Å². The minimum atomic E-state index is 0.207. The lowest BCUT2D eigenvalue weighted by Crippen LogP contribution is -2.24. The number of hydrogen-bond acceptors (Lipinski definition) is 2. The summed E-state index contributed by atoms with van der Waals surface area (Å²) in [6.07, 6.45) is 6.90. The first-order valence-electron chi connectivity index (χ1n) is 8.42. The van der Waals surface area contributed by atoms with Gasteiger partial charge in [0.15, 0.2) is 0 Å². The van der Waals surface area contributed by atoms with E-state index in [-0.39, 0.29) is 6.10 Å². The predicted molar refractivity (Wildman–Crippen MR) is 90.8 cm³/mol. The fraction of sp³-hybridized carbons (Fsp3) is 0.526. The van der Waals surface area contributed by atoms with E-state index in [0.717, 1.165) is 25.3 Å². The Kier molecular flexibility index (Phi) is 6.20. The largest absolute Gasteiger partial charge is 0.370 e. The molecule has 3 atom stereocenters. The summed E-state index contributed by atoms with van der Waals surface area (Å²) in [7, 11) is 0. The molecule has 2 heterocycles. The van der Waals surface area contributed by atoms with Gasteiger partial charge in [0.2, 0.25) is 0 Å². The molecule has 0 N–H and O–H groups in total. The number of aromatic nitrogens is 2. The number of hydrogen-bond donors (Lipinski definition) is 0. The molecule has 1 fully saturated rings. The van der Waals surface area contributed by atoms with Gasteiger partial charge in [0.05, 0.1) is 24.9 Å². The molecule has 3 rings (SSSR count). The fourth-order valence-corrected chi connectivity index (χ4v) is 3.04. The van der Waals surface area contributed by atoms with Gasteiger partial charge >= 0.3 is 0 Å². The van der Waals surface area contributed by atoms with E-state index in [4.69, 9.17) is 4.74 Å². The van der Waals surface area contributed by atoms with Crippen molar-refractivity contribution in [1.29, 1.82) is 0 Å². The van der Waals surface area contributed by atoms with Crippen molar-refractivity contribution in [3.05, 3.63) is 53.9 Å². The normalized spacial score (nSPS) is 24.5. The third-order valence-electron chi connectivity index (χ3n) is 3.96. The van der Waals surface area contributed by atoms with Gasteiger partial charge in [-0.05, 0) is 31.2 Å². The molecule has 1 aliphatic rings. The number of ether oxygens (including phenoxy) is 1. The summed E-state index contributed by atoms with van der Waals surface area (Å²) in [4.78, 5) is 0. The van der Waals surface area contributed by atoms with Crippen LogP contribution in [0.1, 0.15) is 57.8 Å². The van der Waals surface area contributed by atoms with E-state index >= 15 is 0 Å². The third-order valence-corrected chi connectivity index (χ3v) is 3.96. The zero-order valence-electron chi connectivity index (χ0n) is 14.2. The maximum atomic E-state index is 6.05. The molecule has 0 saturated carbocycles. The molecule has 1 saturated heterocycles. The van der Waals surface area contributed by atoms with Crippen LogP contribution < -0.4 is 0 Å². The third kappa shape index (κ3) is 4.44. The number of benzene rings is 1. The molecule has 22 heavy (non-hydrogen) atoms. The summed E-state index contributed by atoms with van der Waals surface area (Å²) in [6.45, 7) is 9.29. The molecule has 1 aromatic heterocycles. The molecule has 0 amide bonds. The van der Waals surface area contributed by atoms with E-state index in [0.29, 0.717) is 6.10 Å². The summed E-state index contributed by atoms with van der Waals surface area (Å²) in [5, 5.41) is 4.47. The number of nitrogens with zero attached hydrogens (tertiary/aromatic N) is 2. The van der Waals surface area contributed by atoms with Crippen molar-refractivity contribution in [3.8, 4) is 0 Å². The standard InChI is InChI=1S/C17H22N2O.C2H6/c1-13-8-14(2)20-17(9-13)16-10-18-19(12-16)11-15-6-4-3-5-7-15;1-2/h3-7,10,12-14,17H,8-9,11H2,1-2H3;1-2H3. The van der Waals surface area contributed by atoms with Crippen molar-refractivity contribution in [1.82, 2.24) is 9.78 Å². The van der Waals surface area contributed by atoms with Gasteiger partial charge in [0.25, 0.3) is 0 Å². The summed E-state index contributed by atoms with van der Waals surface area (Å²) in [5.74, 6) is 0.723. The Morgan fingerprint density at radius 2 is 1.86 bits per heavy atom. The highest BCUT2D eigenvalue weighted by Crippen LogP contribution is 2.34. The smallest absolute Gasteiger partial charge is 0.0861 e. The highest BCUT2D eigenvalue weighted by Gasteiger charge is 2.26. The van der Waals surface area contributed by atoms with Crippen molar-refractivity contribution in [2.45, 2.75) is 59.3 Å². The van der Waals surface area contributed by atoms with E-state index < -0.39 is 0 Å². The lowest BCUT2D eigenvalue weighted by atomic mass is 9.92. The Balaban J connectivity index is 0.000000847. The Morgan fingerprint density at radius 1 is 1.14 bits per heavy atom. The highest BCUT2D eigenvalue weighted by molar-refractivity contribution is 5.16. The van der Waals surface area contributed by atoms with Gasteiger partial charge in [0.1, 0.15) is 0 Å². The second-order valence-electron chi connectivity index (χ2n) is 5.97. The Hall–Kier alpha value is -1.61. The maximum absolute atomic E-state index is 6.05. The fourth-order valence-electron chi connectivity index (χ4n) is 3.04. The van der Waals surface area contributed by atoms with E-state index in [1.165, 1.54) is 11.1 Å². The predicted octanol–water partition coefficient (Wildman–Crippen LogP) is 4.83. The van der Waals surface area contributed by atoms with Crippen LogP contribution in [0.25, 0.3) is 0 Å². The van der Waals surface area contributed by atoms with Crippen LogP contribution in [0.5, 0.6) is 0 Å². The zero-order chi connectivity index (χ0) is 15.9. The molecule has 120 valence electrons. The van der Waals surface area contributed by atoms with Gasteiger partial charge in [-0.1, -0.05) is 51.1 Å². The van der Waals surface area contributed by atoms with Crippen LogP contribution in [0.3, 0.4) is 0 Å². The van der Waals surface area contributed by atoms with Crippen LogP contribution in [0.2, 0.25) is 0 Å². The SMILES string of the molecule is CC.CC1CC(C)OC(c2cnn(Cc3ccccc3)c2)C1. The Labute approximate surface area is 134 Å². The average Bonchev–Trinajstić information content (AvgIpc) is 2.98. The van der Waals surface area contributed by atoms with Crippen LogP contribution in [0, 0.1) is 5.92 Å². The molecule has 2 aromatic rings. The van der Waals surface area contributed by atoms with Gasteiger partial charge in [-0.15, -0.1) is 0 Å². The topological polar surface area (TPSA) is 27.1 Å². The van der Waals surface area contributed by atoms with Crippen molar-refractivity contribution < 1.29 is 4.74 Å². The highest BCUT2D eigenvalue weighted by atomic mass is 16.5. The van der Waals surface area contributed by atoms with Crippen molar-refractivity contribution >= 4 is 0 Å². The molecule has 1 aromatic carbocycles. The van der Waals surface area contributed by atoms with Crippen molar-refractivity contribution in [2.24, 2.45) is 5.92 Å². The van der Waals surface area contributed by atoms with E-state index in [1.54, 1.807) is 0 Å².